The molecule has 0 spiro atoms. The molecule has 0 radical (unpaired) electrons. The van der Waals surface area contributed by atoms with Gasteiger partial charge in [-0.3, -0.25) is 4.79 Å². The van der Waals surface area contributed by atoms with E-state index in [9.17, 15) is 4.79 Å². The molecule has 0 saturated carbocycles. The van der Waals surface area contributed by atoms with Gasteiger partial charge in [0.05, 0.1) is 0 Å². The van der Waals surface area contributed by atoms with Gasteiger partial charge in [0.1, 0.15) is 6.29 Å². The first kappa shape index (κ1) is 8.49. The van der Waals surface area contributed by atoms with Crippen molar-refractivity contribution in [3.05, 3.63) is 34.9 Å². The summed E-state index contributed by atoms with van der Waals surface area (Å²) in [6, 6.07) is 6.08. The third kappa shape index (κ3) is 1.64. The van der Waals surface area contributed by atoms with Crippen LogP contribution in [0.2, 0.25) is 0 Å². The molecule has 0 N–H and O–H groups in total. The second-order valence-corrected chi connectivity index (χ2v) is 3.66. The second kappa shape index (κ2) is 3.73. The number of aryl methyl sites for hydroxylation is 1. The van der Waals surface area contributed by atoms with E-state index < -0.39 is 0 Å². The van der Waals surface area contributed by atoms with E-state index in [0.29, 0.717) is 0 Å². The summed E-state index contributed by atoms with van der Waals surface area (Å²) in [5, 5.41) is 0. The molecule has 0 aromatic heterocycles. The molecule has 0 saturated heterocycles. The molecule has 13 heavy (non-hydrogen) atoms. The minimum Gasteiger partial charge on any atom is -0.298 e. The average Bonchev–Trinajstić information content (AvgIpc) is 2.41. The fourth-order valence-electron chi connectivity index (χ4n) is 2.10. The van der Waals surface area contributed by atoms with Crippen LogP contribution in [0, 0.1) is 0 Å². The third-order valence-electron chi connectivity index (χ3n) is 2.81. The van der Waals surface area contributed by atoms with E-state index in [1.165, 1.54) is 30.4 Å². The molecule has 0 atom stereocenters. The molecule has 0 unspecified atom stereocenters. The Balaban J connectivity index is 2.45. The van der Waals surface area contributed by atoms with Gasteiger partial charge in [-0.1, -0.05) is 24.6 Å². The van der Waals surface area contributed by atoms with Gasteiger partial charge in [0.25, 0.3) is 0 Å². The van der Waals surface area contributed by atoms with Crippen molar-refractivity contribution in [1.82, 2.24) is 0 Å². The first-order valence-electron chi connectivity index (χ1n) is 4.98. The van der Waals surface area contributed by atoms with Crippen molar-refractivity contribution < 1.29 is 4.79 Å². The van der Waals surface area contributed by atoms with E-state index in [4.69, 9.17) is 0 Å². The number of carbonyl (C=O) groups excluding carboxylic acids is 1. The van der Waals surface area contributed by atoms with Gasteiger partial charge in [0.2, 0.25) is 0 Å². The van der Waals surface area contributed by atoms with Gasteiger partial charge in [-0.15, -0.1) is 0 Å². The van der Waals surface area contributed by atoms with E-state index in [0.717, 1.165) is 24.7 Å². The van der Waals surface area contributed by atoms with Crippen molar-refractivity contribution >= 4 is 6.29 Å². The van der Waals surface area contributed by atoms with E-state index >= 15 is 0 Å². The summed E-state index contributed by atoms with van der Waals surface area (Å²) in [5.41, 5.74) is 3.59. The summed E-state index contributed by atoms with van der Waals surface area (Å²) >= 11 is 0. The molecule has 0 heterocycles. The standard InChI is InChI=1S/C12H14O/c13-9-11-7-4-6-10-5-2-1-3-8-12(10)11/h4,6-7,9H,1-3,5,8H2. The van der Waals surface area contributed by atoms with Gasteiger partial charge in [-0.05, 0) is 36.8 Å². The predicted molar refractivity (Wildman–Crippen MR) is 53.1 cm³/mol. The molecule has 0 fully saturated rings. The highest BCUT2D eigenvalue weighted by Crippen LogP contribution is 2.22. The van der Waals surface area contributed by atoms with Crippen LogP contribution in [0.3, 0.4) is 0 Å². The molecule has 1 aromatic rings. The normalized spacial score (nSPS) is 16.0. The molecule has 68 valence electrons. The molecule has 1 aliphatic carbocycles. The molecule has 1 nitrogen and oxygen atoms in total. The summed E-state index contributed by atoms with van der Waals surface area (Å²) in [6.45, 7) is 0. The largest absolute Gasteiger partial charge is 0.298 e. The van der Waals surface area contributed by atoms with E-state index in [1.54, 1.807) is 0 Å². The number of hydrogen-bond acceptors (Lipinski definition) is 1. The first-order chi connectivity index (χ1) is 6.42. The van der Waals surface area contributed by atoms with Crippen LogP contribution in [0.1, 0.15) is 40.7 Å². The zero-order valence-electron chi connectivity index (χ0n) is 7.75. The lowest BCUT2D eigenvalue weighted by Crippen LogP contribution is -1.96. The highest BCUT2D eigenvalue weighted by Gasteiger charge is 2.10. The fourth-order valence-corrected chi connectivity index (χ4v) is 2.10. The summed E-state index contributed by atoms with van der Waals surface area (Å²) in [4.78, 5) is 10.8. The first-order valence-corrected chi connectivity index (χ1v) is 4.98. The van der Waals surface area contributed by atoms with Crippen molar-refractivity contribution in [2.45, 2.75) is 32.1 Å². The molecular formula is C12H14O. The highest BCUT2D eigenvalue weighted by atomic mass is 16.1. The number of fused-ring (bicyclic) bond motifs is 1. The van der Waals surface area contributed by atoms with Crippen molar-refractivity contribution in [2.75, 3.05) is 0 Å². The zero-order chi connectivity index (χ0) is 9.10. The molecular weight excluding hydrogens is 160 g/mol. The molecule has 1 aromatic carbocycles. The van der Waals surface area contributed by atoms with Crippen LogP contribution in [0.15, 0.2) is 18.2 Å². The van der Waals surface area contributed by atoms with Crippen LogP contribution in [0.4, 0.5) is 0 Å². The molecule has 0 amide bonds. The Morgan fingerprint density at radius 2 is 1.92 bits per heavy atom. The number of hydrogen-bond donors (Lipinski definition) is 0. The van der Waals surface area contributed by atoms with Gasteiger partial charge >= 0.3 is 0 Å². The topological polar surface area (TPSA) is 17.1 Å². The maximum absolute atomic E-state index is 10.8. The van der Waals surface area contributed by atoms with Gasteiger partial charge in [0, 0.05) is 5.56 Å². The Morgan fingerprint density at radius 3 is 2.77 bits per heavy atom. The van der Waals surface area contributed by atoms with Crippen LogP contribution in [0.5, 0.6) is 0 Å². The number of benzene rings is 1. The summed E-state index contributed by atoms with van der Waals surface area (Å²) in [7, 11) is 0. The molecule has 1 aliphatic rings. The van der Waals surface area contributed by atoms with Crippen LogP contribution < -0.4 is 0 Å². The van der Waals surface area contributed by atoms with Crippen LogP contribution in [0.25, 0.3) is 0 Å². The van der Waals surface area contributed by atoms with E-state index in [-0.39, 0.29) is 0 Å². The Bertz CT molecular complexity index is 315. The van der Waals surface area contributed by atoms with Gasteiger partial charge < -0.3 is 0 Å². The van der Waals surface area contributed by atoms with Gasteiger partial charge in [0.15, 0.2) is 0 Å². The summed E-state index contributed by atoms with van der Waals surface area (Å²) in [5.74, 6) is 0. The molecule has 2 rings (SSSR count). The Morgan fingerprint density at radius 1 is 1.08 bits per heavy atom. The smallest absolute Gasteiger partial charge is 0.150 e. The average molecular weight is 174 g/mol. The predicted octanol–water partition coefficient (Wildman–Crippen LogP) is 2.77. The lowest BCUT2D eigenvalue weighted by Gasteiger charge is -2.06. The second-order valence-electron chi connectivity index (χ2n) is 3.66. The summed E-state index contributed by atoms with van der Waals surface area (Å²) < 4.78 is 0. The van der Waals surface area contributed by atoms with Crippen LogP contribution in [-0.2, 0) is 12.8 Å². The van der Waals surface area contributed by atoms with Crippen LogP contribution in [-0.4, -0.2) is 6.29 Å². The van der Waals surface area contributed by atoms with Gasteiger partial charge in [-0.2, -0.15) is 0 Å². The Labute approximate surface area is 78.8 Å². The minimum absolute atomic E-state index is 0.902. The lowest BCUT2D eigenvalue weighted by atomic mass is 9.98. The fraction of sp³-hybridized carbons (Fsp3) is 0.417. The third-order valence-corrected chi connectivity index (χ3v) is 2.81. The molecule has 0 aliphatic heterocycles. The Hall–Kier alpha value is -1.11. The highest BCUT2D eigenvalue weighted by molar-refractivity contribution is 5.78. The minimum atomic E-state index is 0.902. The number of rotatable bonds is 1. The molecule has 1 heteroatoms. The molecule has 0 bridgehead atoms. The van der Waals surface area contributed by atoms with Crippen molar-refractivity contribution in [3.8, 4) is 0 Å². The van der Waals surface area contributed by atoms with Crippen molar-refractivity contribution in [2.24, 2.45) is 0 Å². The number of aldehydes is 1. The van der Waals surface area contributed by atoms with Crippen molar-refractivity contribution in [1.29, 1.82) is 0 Å². The van der Waals surface area contributed by atoms with E-state index in [1.807, 2.05) is 12.1 Å². The zero-order valence-corrected chi connectivity index (χ0v) is 7.75. The number of carbonyl (C=O) groups is 1. The van der Waals surface area contributed by atoms with Gasteiger partial charge in [-0.25, -0.2) is 0 Å². The Kier molecular flexibility index (Phi) is 2.44. The quantitative estimate of drug-likeness (QED) is 0.472. The summed E-state index contributed by atoms with van der Waals surface area (Å²) in [6.07, 6.45) is 7.03. The maximum atomic E-state index is 10.8. The van der Waals surface area contributed by atoms with Crippen LogP contribution >= 0.6 is 0 Å². The SMILES string of the molecule is O=Cc1cccc2c1CCCCC2. The van der Waals surface area contributed by atoms with Crippen molar-refractivity contribution in [3.63, 3.8) is 0 Å². The lowest BCUT2D eigenvalue weighted by molar-refractivity contribution is 0.112. The van der Waals surface area contributed by atoms with E-state index in [2.05, 4.69) is 6.07 Å². The maximum Gasteiger partial charge on any atom is 0.150 e. The monoisotopic (exact) mass is 174 g/mol.